The monoisotopic (exact) mass is 280 g/mol. The van der Waals surface area contributed by atoms with Crippen molar-refractivity contribution in [3.63, 3.8) is 0 Å². The highest BCUT2D eigenvalue weighted by atomic mass is 35.5. The molecule has 0 radical (unpaired) electrons. The molecule has 2 rings (SSSR count). The standard InChI is InChI=1S/C10H12N2O3.2ClH/c13-10(14)9-5-8(6-12-9)15-7-1-3-11-4-2-7;;/h1-4,8-9,12H,5-6H2,(H,13,14);2*1H. The van der Waals surface area contributed by atoms with E-state index in [0.717, 1.165) is 5.75 Å². The molecule has 0 aromatic carbocycles. The maximum Gasteiger partial charge on any atom is 0.320 e. The van der Waals surface area contributed by atoms with Gasteiger partial charge in [0.1, 0.15) is 17.9 Å². The Hall–Kier alpha value is -1.04. The van der Waals surface area contributed by atoms with Crippen molar-refractivity contribution in [2.24, 2.45) is 0 Å². The van der Waals surface area contributed by atoms with Crippen LogP contribution in [0.4, 0.5) is 0 Å². The maximum absolute atomic E-state index is 10.7. The summed E-state index contributed by atoms with van der Waals surface area (Å²) >= 11 is 0. The minimum absolute atomic E-state index is 0. The van der Waals surface area contributed by atoms with Gasteiger partial charge in [0.25, 0.3) is 0 Å². The molecule has 2 N–H and O–H groups in total. The van der Waals surface area contributed by atoms with Gasteiger partial charge in [-0.25, -0.2) is 0 Å². The third-order valence-corrected chi connectivity index (χ3v) is 2.34. The second-order valence-corrected chi connectivity index (χ2v) is 3.46. The van der Waals surface area contributed by atoms with Gasteiger partial charge in [-0.2, -0.15) is 0 Å². The number of halogens is 2. The number of carbonyl (C=O) groups is 1. The van der Waals surface area contributed by atoms with Crippen molar-refractivity contribution in [3.8, 4) is 5.75 Å². The number of pyridine rings is 1. The van der Waals surface area contributed by atoms with Crippen LogP contribution in [0.3, 0.4) is 0 Å². The summed E-state index contributed by atoms with van der Waals surface area (Å²) in [5.74, 6) is -0.0985. The van der Waals surface area contributed by atoms with Crippen LogP contribution < -0.4 is 10.1 Å². The zero-order valence-electron chi connectivity index (χ0n) is 8.91. The quantitative estimate of drug-likeness (QED) is 0.868. The second kappa shape index (κ2) is 7.32. The van der Waals surface area contributed by atoms with E-state index in [1.54, 1.807) is 24.5 Å². The Labute approximate surface area is 111 Å². The number of nitrogens with one attached hydrogen (secondary N) is 1. The molecule has 0 amide bonds. The van der Waals surface area contributed by atoms with Crippen LogP contribution in [-0.2, 0) is 4.79 Å². The fraction of sp³-hybridized carbons (Fsp3) is 0.400. The van der Waals surface area contributed by atoms with Crippen molar-refractivity contribution in [1.82, 2.24) is 10.3 Å². The summed E-state index contributed by atoms with van der Waals surface area (Å²) in [5.41, 5.74) is 0. The highest BCUT2D eigenvalue weighted by Crippen LogP contribution is 2.15. The zero-order valence-corrected chi connectivity index (χ0v) is 10.5. The lowest BCUT2D eigenvalue weighted by Gasteiger charge is -2.11. The van der Waals surface area contributed by atoms with Gasteiger partial charge in [-0.3, -0.25) is 9.78 Å². The first-order valence-electron chi connectivity index (χ1n) is 4.78. The lowest BCUT2D eigenvalue weighted by molar-refractivity contribution is -0.139. The smallest absolute Gasteiger partial charge is 0.320 e. The molecule has 17 heavy (non-hydrogen) atoms. The van der Waals surface area contributed by atoms with E-state index in [2.05, 4.69) is 10.3 Å². The van der Waals surface area contributed by atoms with Gasteiger partial charge in [-0.05, 0) is 12.1 Å². The average Bonchev–Trinajstić information content (AvgIpc) is 2.68. The van der Waals surface area contributed by atoms with Gasteiger partial charge < -0.3 is 15.2 Å². The van der Waals surface area contributed by atoms with Crippen LogP contribution in [0.1, 0.15) is 6.42 Å². The molecule has 1 aromatic rings. The molecule has 0 aliphatic carbocycles. The van der Waals surface area contributed by atoms with Crippen LogP contribution >= 0.6 is 24.8 Å². The molecule has 7 heteroatoms. The minimum Gasteiger partial charge on any atom is -0.489 e. The second-order valence-electron chi connectivity index (χ2n) is 3.46. The van der Waals surface area contributed by atoms with Crippen molar-refractivity contribution in [2.75, 3.05) is 6.54 Å². The molecule has 1 aromatic heterocycles. The summed E-state index contributed by atoms with van der Waals surface area (Å²) in [4.78, 5) is 14.5. The molecule has 1 aliphatic rings. The van der Waals surface area contributed by atoms with Crippen molar-refractivity contribution in [2.45, 2.75) is 18.6 Å². The molecular weight excluding hydrogens is 267 g/mol. The Morgan fingerprint density at radius 2 is 2.06 bits per heavy atom. The number of hydrogen-bond donors (Lipinski definition) is 2. The summed E-state index contributed by atoms with van der Waals surface area (Å²) in [6, 6.07) is 3.03. The van der Waals surface area contributed by atoms with E-state index in [4.69, 9.17) is 9.84 Å². The summed E-state index contributed by atoms with van der Waals surface area (Å²) in [7, 11) is 0. The Bertz CT molecular complexity index is 351. The molecule has 5 nitrogen and oxygen atoms in total. The van der Waals surface area contributed by atoms with Crippen LogP contribution in [0, 0.1) is 0 Å². The normalized spacial score (nSPS) is 22.1. The van der Waals surface area contributed by atoms with Crippen molar-refractivity contribution in [1.29, 1.82) is 0 Å². The van der Waals surface area contributed by atoms with Gasteiger partial charge in [0, 0.05) is 25.4 Å². The molecule has 1 saturated heterocycles. The third-order valence-electron chi connectivity index (χ3n) is 2.34. The summed E-state index contributed by atoms with van der Waals surface area (Å²) in [6.07, 6.45) is 3.71. The van der Waals surface area contributed by atoms with E-state index in [0.29, 0.717) is 13.0 Å². The van der Waals surface area contributed by atoms with Crippen molar-refractivity contribution in [3.05, 3.63) is 24.5 Å². The molecule has 1 aliphatic heterocycles. The maximum atomic E-state index is 10.7. The fourth-order valence-corrected chi connectivity index (χ4v) is 1.59. The first-order valence-corrected chi connectivity index (χ1v) is 4.78. The zero-order chi connectivity index (χ0) is 10.7. The molecule has 0 saturated carbocycles. The number of hydrogen-bond acceptors (Lipinski definition) is 4. The van der Waals surface area contributed by atoms with Crippen molar-refractivity contribution < 1.29 is 14.6 Å². The van der Waals surface area contributed by atoms with Crippen molar-refractivity contribution >= 4 is 30.8 Å². The van der Waals surface area contributed by atoms with Gasteiger partial charge in [0.2, 0.25) is 0 Å². The number of nitrogens with zero attached hydrogens (tertiary/aromatic N) is 1. The van der Waals surface area contributed by atoms with E-state index in [9.17, 15) is 4.79 Å². The average molecular weight is 281 g/mol. The predicted molar refractivity (Wildman–Crippen MR) is 67.2 cm³/mol. The lowest BCUT2D eigenvalue weighted by Crippen LogP contribution is -2.30. The molecule has 0 spiro atoms. The number of aromatic nitrogens is 1. The molecule has 1 fully saturated rings. The minimum atomic E-state index is -0.823. The van der Waals surface area contributed by atoms with Gasteiger partial charge in [-0.1, -0.05) is 0 Å². The third kappa shape index (κ3) is 4.38. The molecule has 0 bridgehead atoms. The van der Waals surface area contributed by atoms with E-state index in [1.807, 2.05) is 0 Å². The van der Waals surface area contributed by atoms with E-state index >= 15 is 0 Å². The Morgan fingerprint density at radius 3 is 2.59 bits per heavy atom. The highest BCUT2D eigenvalue weighted by Gasteiger charge is 2.30. The SMILES string of the molecule is Cl.Cl.O=C(O)C1CC(Oc2ccncc2)CN1. The predicted octanol–water partition coefficient (Wildman–Crippen LogP) is 1.12. The molecule has 96 valence electrons. The van der Waals surface area contributed by atoms with Gasteiger partial charge in [0.15, 0.2) is 0 Å². The number of rotatable bonds is 3. The van der Waals surface area contributed by atoms with Crippen LogP contribution in [-0.4, -0.2) is 34.8 Å². The first kappa shape index (κ1) is 16.0. The van der Waals surface area contributed by atoms with Gasteiger partial charge in [-0.15, -0.1) is 24.8 Å². The van der Waals surface area contributed by atoms with E-state index < -0.39 is 12.0 Å². The lowest BCUT2D eigenvalue weighted by atomic mass is 10.2. The Balaban J connectivity index is 0.00000128. The summed E-state index contributed by atoms with van der Waals surface area (Å²) < 4.78 is 5.59. The van der Waals surface area contributed by atoms with Crippen LogP contribution in [0.25, 0.3) is 0 Å². The summed E-state index contributed by atoms with van der Waals surface area (Å²) in [5, 5.41) is 11.7. The number of ether oxygens (including phenoxy) is 1. The molecular formula is C10H14Cl2N2O3. The van der Waals surface area contributed by atoms with Crippen LogP contribution in [0.15, 0.2) is 24.5 Å². The molecule has 2 atom stereocenters. The van der Waals surface area contributed by atoms with Crippen LogP contribution in [0.5, 0.6) is 5.75 Å². The Kier molecular flexibility index (Phi) is 6.87. The topological polar surface area (TPSA) is 71.5 Å². The highest BCUT2D eigenvalue weighted by molar-refractivity contribution is 5.85. The van der Waals surface area contributed by atoms with Crippen LogP contribution in [0.2, 0.25) is 0 Å². The summed E-state index contributed by atoms with van der Waals surface area (Å²) in [6.45, 7) is 0.569. The number of carboxylic acid groups (broad SMARTS) is 1. The van der Waals surface area contributed by atoms with Gasteiger partial charge in [0.05, 0.1) is 0 Å². The number of carboxylic acids is 1. The van der Waals surface area contributed by atoms with E-state index in [1.165, 1.54) is 0 Å². The molecule has 2 unspecified atom stereocenters. The molecule has 2 heterocycles. The Morgan fingerprint density at radius 1 is 1.41 bits per heavy atom. The van der Waals surface area contributed by atoms with Gasteiger partial charge >= 0.3 is 5.97 Å². The first-order chi connectivity index (χ1) is 7.25. The largest absolute Gasteiger partial charge is 0.489 e. The fourth-order valence-electron chi connectivity index (χ4n) is 1.59. The van der Waals surface area contributed by atoms with E-state index in [-0.39, 0.29) is 30.9 Å². The number of aliphatic carboxylic acids is 1.